The maximum atomic E-state index is 13.4. The van der Waals surface area contributed by atoms with E-state index in [1.54, 1.807) is 4.90 Å². The van der Waals surface area contributed by atoms with Crippen LogP contribution in [-0.2, 0) is 11.3 Å². The maximum absolute atomic E-state index is 13.4. The largest absolute Gasteiger partial charge is 0.334 e. The first-order valence-electron chi connectivity index (χ1n) is 11.8. The van der Waals surface area contributed by atoms with Gasteiger partial charge in [0.2, 0.25) is 5.91 Å². The number of nitrogens with zero attached hydrogens (tertiary/aromatic N) is 3. The Morgan fingerprint density at radius 1 is 1.10 bits per heavy atom. The van der Waals surface area contributed by atoms with Crippen molar-refractivity contribution < 1.29 is 9.59 Å². The van der Waals surface area contributed by atoms with Gasteiger partial charge in [0.25, 0.3) is 5.91 Å². The number of carbonyl (C=O) groups is 2. The molecule has 1 aromatic rings. The lowest BCUT2D eigenvalue weighted by Crippen LogP contribution is -2.60. The monoisotopic (exact) mass is 405 g/mol. The number of piperidine rings is 3. The number of hydrogen-bond donors (Lipinski definition) is 0. The zero-order chi connectivity index (χ0) is 20.2. The highest BCUT2D eigenvalue weighted by Crippen LogP contribution is 2.45. The Hall–Kier alpha value is -2.14. The molecule has 6 rings (SSSR count). The topological polar surface area (TPSA) is 43.9 Å². The lowest BCUT2D eigenvalue weighted by molar-refractivity contribution is -0.137. The van der Waals surface area contributed by atoms with E-state index < -0.39 is 0 Å². The summed E-state index contributed by atoms with van der Waals surface area (Å²) in [5.41, 5.74) is 3.31. The Morgan fingerprint density at radius 3 is 2.90 bits per heavy atom. The summed E-state index contributed by atoms with van der Waals surface area (Å²) in [4.78, 5) is 32.8. The van der Waals surface area contributed by atoms with Crippen molar-refractivity contribution in [1.82, 2.24) is 14.7 Å². The third kappa shape index (κ3) is 2.93. The molecule has 0 radical (unpaired) electrons. The Kier molecular flexibility index (Phi) is 4.48. The summed E-state index contributed by atoms with van der Waals surface area (Å²) in [7, 11) is 0. The number of hydrogen-bond acceptors (Lipinski definition) is 3. The van der Waals surface area contributed by atoms with Crippen LogP contribution in [0.3, 0.4) is 0 Å². The van der Waals surface area contributed by atoms with E-state index in [2.05, 4.69) is 15.9 Å². The standard InChI is InChI=1S/C25H31N3O2/c29-23(16-27-14-18-6-1-2-8-21(18)25(27)30)28-11-5-7-17-12-19-13-20(24(17)28)15-26-10-4-3-9-22(19)26/h1-2,6,8,12,19-20,22,24H,3-5,7,9-11,13-16H2/t19-,20+,22-,24-/m1/s1. The van der Waals surface area contributed by atoms with Crippen LogP contribution >= 0.6 is 0 Å². The zero-order valence-electron chi connectivity index (χ0n) is 17.6. The third-order valence-corrected chi connectivity index (χ3v) is 8.20. The molecule has 0 unspecified atom stereocenters. The summed E-state index contributed by atoms with van der Waals surface area (Å²) in [6.07, 6.45) is 10.0. The smallest absolute Gasteiger partial charge is 0.254 e. The molecule has 30 heavy (non-hydrogen) atoms. The van der Waals surface area contributed by atoms with Crippen molar-refractivity contribution in [3.63, 3.8) is 0 Å². The second-order valence-electron chi connectivity index (χ2n) is 9.91. The predicted octanol–water partition coefficient (Wildman–Crippen LogP) is 3.06. The minimum absolute atomic E-state index is 0.00394. The quantitative estimate of drug-likeness (QED) is 0.711. The van der Waals surface area contributed by atoms with Crippen LogP contribution < -0.4 is 0 Å². The Morgan fingerprint density at radius 2 is 2.00 bits per heavy atom. The van der Waals surface area contributed by atoms with Gasteiger partial charge in [-0.25, -0.2) is 0 Å². The highest BCUT2D eigenvalue weighted by molar-refractivity contribution is 6.00. The van der Waals surface area contributed by atoms with Gasteiger partial charge in [-0.05, 0) is 62.1 Å². The molecule has 0 aromatic heterocycles. The minimum atomic E-state index is 0.00394. The van der Waals surface area contributed by atoms with Crippen LogP contribution in [0, 0.1) is 11.8 Å². The summed E-state index contributed by atoms with van der Waals surface area (Å²) in [6.45, 7) is 3.96. The fourth-order valence-electron chi connectivity index (χ4n) is 6.95. The first kappa shape index (κ1) is 18.6. The number of carbonyl (C=O) groups excluding carboxylic acids is 2. The normalized spacial score (nSPS) is 32.9. The van der Waals surface area contributed by atoms with E-state index in [0.717, 1.165) is 43.1 Å². The first-order chi connectivity index (χ1) is 14.7. The molecule has 158 valence electrons. The maximum Gasteiger partial charge on any atom is 0.254 e. The van der Waals surface area contributed by atoms with Crippen molar-refractivity contribution in [1.29, 1.82) is 0 Å². The molecular formula is C25H31N3O2. The number of likely N-dealkylation sites (tertiary alicyclic amines) is 1. The number of rotatable bonds is 2. The van der Waals surface area contributed by atoms with Crippen molar-refractivity contribution in [3.8, 4) is 0 Å². The van der Waals surface area contributed by atoms with Crippen molar-refractivity contribution >= 4 is 11.8 Å². The summed E-state index contributed by atoms with van der Waals surface area (Å²) >= 11 is 0. The molecule has 4 atom stereocenters. The van der Waals surface area contributed by atoms with Crippen molar-refractivity contribution in [2.75, 3.05) is 26.2 Å². The third-order valence-electron chi connectivity index (χ3n) is 8.20. The molecule has 3 fully saturated rings. The molecule has 4 aliphatic heterocycles. The van der Waals surface area contributed by atoms with Crippen LogP contribution in [0.4, 0.5) is 0 Å². The Labute approximate surface area is 178 Å². The lowest BCUT2D eigenvalue weighted by Gasteiger charge is -2.54. The molecule has 5 nitrogen and oxygen atoms in total. The molecule has 1 aliphatic carbocycles. The van der Waals surface area contributed by atoms with E-state index >= 15 is 0 Å². The molecule has 0 saturated carbocycles. The predicted molar refractivity (Wildman–Crippen MR) is 115 cm³/mol. The van der Waals surface area contributed by atoms with Crippen LogP contribution in [0.5, 0.6) is 0 Å². The second-order valence-corrected chi connectivity index (χ2v) is 9.91. The molecule has 2 amide bonds. The van der Waals surface area contributed by atoms with E-state index in [9.17, 15) is 9.59 Å². The van der Waals surface area contributed by atoms with Crippen molar-refractivity contribution in [3.05, 3.63) is 47.0 Å². The molecule has 0 spiro atoms. The summed E-state index contributed by atoms with van der Waals surface area (Å²) in [5, 5.41) is 0. The summed E-state index contributed by atoms with van der Waals surface area (Å²) < 4.78 is 0. The highest BCUT2D eigenvalue weighted by Gasteiger charge is 2.47. The SMILES string of the molecule is O=C1c2ccccc2CN1CC(=O)N1CCCC2=C[C@@H]3C[C@@H](CN4CCCC[C@H]34)[C@@H]21. The lowest BCUT2D eigenvalue weighted by atomic mass is 9.68. The van der Waals surface area contributed by atoms with Gasteiger partial charge in [0.05, 0.1) is 6.04 Å². The van der Waals surface area contributed by atoms with Crippen LogP contribution in [0.1, 0.15) is 54.4 Å². The molecule has 2 bridgehead atoms. The van der Waals surface area contributed by atoms with Crippen LogP contribution in [-0.4, -0.2) is 64.8 Å². The van der Waals surface area contributed by atoms with Gasteiger partial charge in [0.1, 0.15) is 6.54 Å². The Bertz CT molecular complexity index is 909. The van der Waals surface area contributed by atoms with Crippen LogP contribution in [0.15, 0.2) is 35.9 Å². The van der Waals surface area contributed by atoms with Crippen molar-refractivity contribution in [2.45, 2.75) is 57.2 Å². The van der Waals surface area contributed by atoms with Gasteiger partial charge in [0, 0.05) is 31.2 Å². The molecule has 5 heteroatoms. The van der Waals surface area contributed by atoms with E-state index in [1.807, 2.05) is 24.3 Å². The molecule has 4 heterocycles. The second kappa shape index (κ2) is 7.23. The van der Waals surface area contributed by atoms with E-state index in [0.29, 0.717) is 18.4 Å². The van der Waals surface area contributed by atoms with Gasteiger partial charge in [0.15, 0.2) is 0 Å². The van der Waals surface area contributed by atoms with Gasteiger partial charge in [-0.3, -0.25) is 14.5 Å². The highest BCUT2D eigenvalue weighted by atomic mass is 16.2. The molecule has 0 N–H and O–H groups in total. The fourth-order valence-corrected chi connectivity index (χ4v) is 6.95. The number of fused-ring (bicyclic) bond motifs is 7. The minimum Gasteiger partial charge on any atom is -0.334 e. The van der Waals surface area contributed by atoms with E-state index in [4.69, 9.17) is 0 Å². The summed E-state index contributed by atoms with van der Waals surface area (Å²) in [6, 6.07) is 8.73. The van der Waals surface area contributed by atoms with Crippen LogP contribution in [0.25, 0.3) is 0 Å². The number of benzene rings is 1. The van der Waals surface area contributed by atoms with Crippen LogP contribution in [0.2, 0.25) is 0 Å². The molecule has 1 aromatic carbocycles. The van der Waals surface area contributed by atoms with Gasteiger partial charge in [-0.2, -0.15) is 0 Å². The van der Waals surface area contributed by atoms with Gasteiger partial charge in [-0.15, -0.1) is 0 Å². The summed E-state index contributed by atoms with van der Waals surface area (Å²) in [5.74, 6) is 1.37. The average molecular weight is 406 g/mol. The first-order valence-corrected chi connectivity index (χ1v) is 11.8. The molecule has 5 aliphatic rings. The van der Waals surface area contributed by atoms with E-state index in [-0.39, 0.29) is 24.4 Å². The fraction of sp³-hybridized carbons (Fsp3) is 0.600. The van der Waals surface area contributed by atoms with Gasteiger partial charge < -0.3 is 9.80 Å². The van der Waals surface area contributed by atoms with E-state index in [1.165, 1.54) is 37.8 Å². The number of amides is 2. The van der Waals surface area contributed by atoms with Gasteiger partial charge in [-0.1, -0.05) is 36.3 Å². The molecule has 3 saturated heterocycles. The molecular weight excluding hydrogens is 374 g/mol. The van der Waals surface area contributed by atoms with Crippen molar-refractivity contribution in [2.24, 2.45) is 11.8 Å². The Balaban J connectivity index is 1.22. The van der Waals surface area contributed by atoms with Gasteiger partial charge >= 0.3 is 0 Å². The zero-order valence-corrected chi connectivity index (χ0v) is 17.6. The average Bonchev–Trinajstić information content (AvgIpc) is 3.09.